The van der Waals surface area contributed by atoms with E-state index < -0.39 is 0 Å². The molecule has 0 saturated carbocycles. The van der Waals surface area contributed by atoms with Gasteiger partial charge in [0.05, 0.1) is 5.69 Å². The van der Waals surface area contributed by atoms with Gasteiger partial charge in [0.1, 0.15) is 0 Å². The monoisotopic (exact) mass is 386 g/mol. The average Bonchev–Trinajstić information content (AvgIpc) is 3.04. The van der Waals surface area contributed by atoms with Gasteiger partial charge in [0, 0.05) is 21.0 Å². The molecule has 2 aromatic carbocycles. The van der Waals surface area contributed by atoms with Crippen molar-refractivity contribution in [2.45, 2.75) is 13.3 Å². The lowest BCUT2D eigenvalue weighted by molar-refractivity contribution is 0.102. The molecule has 5 heteroatoms. The zero-order chi connectivity index (χ0) is 16.2. The second-order valence-corrected chi connectivity index (χ2v) is 6.82. The second kappa shape index (κ2) is 7.06. The van der Waals surface area contributed by atoms with Gasteiger partial charge in [-0.2, -0.15) is 0 Å². The van der Waals surface area contributed by atoms with Crippen molar-refractivity contribution in [1.82, 2.24) is 4.98 Å². The van der Waals surface area contributed by atoms with Crippen molar-refractivity contribution < 1.29 is 4.79 Å². The van der Waals surface area contributed by atoms with Crippen LogP contribution in [0.25, 0.3) is 11.3 Å². The molecule has 0 atom stereocenters. The number of rotatable bonds is 4. The zero-order valence-electron chi connectivity index (χ0n) is 12.5. The van der Waals surface area contributed by atoms with E-state index in [4.69, 9.17) is 0 Å². The first-order valence-electron chi connectivity index (χ1n) is 7.27. The van der Waals surface area contributed by atoms with Crippen LogP contribution in [0, 0.1) is 0 Å². The molecule has 0 aliphatic heterocycles. The normalized spacial score (nSPS) is 10.5. The molecule has 0 unspecified atom stereocenters. The zero-order valence-corrected chi connectivity index (χ0v) is 14.9. The summed E-state index contributed by atoms with van der Waals surface area (Å²) in [5, 5.41) is 5.40. The molecule has 3 rings (SSSR count). The molecule has 1 aromatic heterocycles. The van der Waals surface area contributed by atoms with Crippen molar-refractivity contribution in [3.8, 4) is 11.3 Å². The maximum absolute atomic E-state index is 12.3. The Bertz CT molecular complexity index is 810. The van der Waals surface area contributed by atoms with E-state index in [1.165, 1.54) is 16.9 Å². The molecule has 0 spiro atoms. The molecule has 23 heavy (non-hydrogen) atoms. The SMILES string of the molecule is CCc1ccc(C(=O)Nc2nc(-c3ccc(Br)cc3)cs2)cc1. The predicted octanol–water partition coefficient (Wildman–Crippen LogP) is 5.39. The van der Waals surface area contributed by atoms with E-state index in [1.807, 2.05) is 53.9 Å². The minimum absolute atomic E-state index is 0.135. The van der Waals surface area contributed by atoms with Crippen LogP contribution in [0.5, 0.6) is 0 Å². The summed E-state index contributed by atoms with van der Waals surface area (Å²) in [6.45, 7) is 2.09. The number of hydrogen-bond acceptors (Lipinski definition) is 3. The highest BCUT2D eigenvalue weighted by molar-refractivity contribution is 9.10. The lowest BCUT2D eigenvalue weighted by Gasteiger charge is -2.03. The Morgan fingerprint density at radius 3 is 2.48 bits per heavy atom. The lowest BCUT2D eigenvalue weighted by atomic mass is 10.1. The maximum atomic E-state index is 12.3. The summed E-state index contributed by atoms with van der Waals surface area (Å²) in [5.41, 5.74) is 3.74. The Morgan fingerprint density at radius 1 is 1.13 bits per heavy atom. The van der Waals surface area contributed by atoms with Crippen molar-refractivity contribution in [3.63, 3.8) is 0 Å². The van der Waals surface area contributed by atoms with Crippen LogP contribution >= 0.6 is 27.3 Å². The topological polar surface area (TPSA) is 42.0 Å². The number of aromatic nitrogens is 1. The van der Waals surface area contributed by atoms with E-state index in [0.717, 1.165) is 22.2 Å². The third-order valence-electron chi connectivity index (χ3n) is 3.49. The van der Waals surface area contributed by atoms with Gasteiger partial charge in [-0.1, -0.05) is 47.1 Å². The van der Waals surface area contributed by atoms with Crippen LogP contribution in [0.3, 0.4) is 0 Å². The fourth-order valence-electron chi connectivity index (χ4n) is 2.15. The van der Waals surface area contributed by atoms with Crippen LogP contribution < -0.4 is 5.32 Å². The average molecular weight is 387 g/mol. The Labute approximate surface area is 147 Å². The van der Waals surface area contributed by atoms with Crippen LogP contribution in [-0.4, -0.2) is 10.9 Å². The number of benzene rings is 2. The largest absolute Gasteiger partial charge is 0.298 e. The number of carbonyl (C=O) groups excluding carboxylic acids is 1. The maximum Gasteiger partial charge on any atom is 0.257 e. The number of nitrogens with one attached hydrogen (secondary N) is 1. The number of amides is 1. The van der Waals surface area contributed by atoms with Gasteiger partial charge in [-0.15, -0.1) is 11.3 Å². The van der Waals surface area contributed by atoms with Crippen LogP contribution in [0.15, 0.2) is 58.4 Å². The van der Waals surface area contributed by atoms with Crippen LogP contribution in [0.1, 0.15) is 22.8 Å². The van der Waals surface area contributed by atoms with Gasteiger partial charge in [0.15, 0.2) is 5.13 Å². The summed E-state index contributed by atoms with van der Waals surface area (Å²) in [6.07, 6.45) is 0.963. The summed E-state index contributed by atoms with van der Waals surface area (Å²) in [4.78, 5) is 16.7. The third-order valence-corrected chi connectivity index (χ3v) is 4.78. The van der Waals surface area contributed by atoms with E-state index in [9.17, 15) is 4.79 Å². The number of nitrogens with zero attached hydrogens (tertiary/aromatic N) is 1. The lowest BCUT2D eigenvalue weighted by Crippen LogP contribution is -2.11. The van der Waals surface area contributed by atoms with Crippen molar-refractivity contribution in [2.75, 3.05) is 5.32 Å². The smallest absolute Gasteiger partial charge is 0.257 e. The second-order valence-electron chi connectivity index (χ2n) is 5.05. The van der Waals surface area contributed by atoms with Crippen molar-refractivity contribution >= 4 is 38.3 Å². The molecule has 3 nitrogen and oxygen atoms in total. The molecule has 0 saturated heterocycles. The quantitative estimate of drug-likeness (QED) is 0.653. The van der Waals surface area contributed by atoms with Gasteiger partial charge in [0.2, 0.25) is 0 Å². The number of hydrogen-bond donors (Lipinski definition) is 1. The first-order chi connectivity index (χ1) is 11.2. The van der Waals surface area contributed by atoms with Crippen LogP contribution in [-0.2, 0) is 6.42 Å². The Kier molecular flexibility index (Phi) is 4.88. The van der Waals surface area contributed by atoms with E-state index >= 15 is 0 Å². The molecule has 0 aliphatic carbocycles. The van der Waals surface area contributed by atoms with Gasteiger partial charge < -0.3 is 0 Å². The molecule has 3 aromatic rings. The minimum Gasteiger partial charge on any atom is -0.298 e. The molecule has 1 amide bonds. The number of halogens is 1. The first kappa shape index (κ1) is 15.9. The number of thiazole rings is 1. The van der Waals surface area contributed by atoms with Crippen LogP contribution in [0.4, 0.5) is 5.13 Å². The third kappa shape index (κ3) is 3.86. The van der Waals surface area contributed by atoms with Gasteiger partial charge in [0.25, 0.3) is 5.91 Å². The standard InChI is InChI=1S/C18H15BrN2OS/c1-2-12-3-5-14(6-4-12)17(22)21-18-20-16(11-23-18)13-7-9-15(19)10-8-13/h3-11H,2H2,1H3,(H,20,21,22). The van der Waals surface area contributed by atoms with Crippen LogP contribution in [0.2, 0.25) is 0 Å². The molecular weight excluding hydrogens is 372 g/mol. The molecule has 0 radical (unpaired) electrons. The molecule has 0 bridgehead atoms. The highest BCUT2D eigenvalue weighted by Crippen LogP contribution is 2.26. The molecule has 1 heterocycles. The predicted molar refractivity (Wildman–Crippen MR) is 99.0 cm³/mol. The van der Waals surface area contributed by atoms with Crippen molar-refractivity contribution in [3.05, 3.63) is 69.5 Å². The van der Waals surface area contributed by atoms with Gasteiger partial charge in [-0.25, -0.2) is 4.98 Å². The Morgan fingerprint density at radius 2 is 1.83 bits per heavy atom. The molecule has 0 fully saturated rings. The number of aryl methyl sites for hydroxylation is 1. The molecule has 1 N–H and O–H groups in total. The minimum atomic E-state index is -0.135. The molecular formula is C18H15BrN2OS. The van der Waals surface area contributed by atoms with Gasteiger partial charge in [-0.05, 0) is 36.2 Å². The highest BCUT2D eigenvalue weighted by Gasteiger charge is 2.10. The number of anilines is 1. The van der Waals surface area contributed by atoms with E-state index in [-0.39, 0.29) is 5.91 Å². The van der Waals surface area contributed by atoms with Crippen molar-refractivity contribution in [2.24, 2.45) is 0 Å². The fourth-order valence-corrected chi connectivity index (χ4v) is 3.12. The summed E-state index contributed by atoms with van der Waals surface area (Å²) < 4.78 is 1.03. The van der Waals surface area contributed by atoms with E-state index in [0.29, 0.717) is 10.7 Å². The van der Waals surface area contributed by atoms with Gasteiger partial charge >= 0.3 is 0 Å². The summed E-state index contributed by atoms with van der Waals surface area (Å²) in [5.74, 6) is -0.135. The van der Waals surface area contributed by atoms with Crippen molar-refractivity contribution in [1.29, 1.82) is 0 Å². The highest BCUT2D eigenvalue weighted by atomic mass is 79.9. The van der Waals surface area contributed by atoms with E-state index in [2.05, 4.69) is 33.2 Å². The summed E-state index contributed by atoms with van der Waals surface area (Å²) in [7, 11) is 0. The van der Waals surface area contributed by atoms with Gasteiger partial charge in [-0.3, -0.25) is 10.1 Å². The molecule has 116 valence electrons. The van der Waals surface area contributed by atoms with E-state index in [1.54, 1.807) is 0 Å². The summed E-state index contributed by atoms with van der Waals surface area (Å²) in [6, 6.07) is 15.6. The molecule has 0 aliphatic rings. The Hall–Kier alpha value is -1.98. The first-order valence-corrected chi connectivity index (χ1v) is 8.94. The Balaban J connectivity index is 1.73. The number of carbonyl (C=O) groups is 1. The fraction of sp³-hybridized carbons (Fsp3) is 0.111. The summed E-state index contributed by atoms with van der Waals surface area (Å²) >= 11 is 4.84.